The number of halogens is 1. The molecule has 0 aliphatic heterocycles. The van der Waals surface area contributed by atoms with Crippen LogP contribution in [-0.2, 0) is 23.0 Å². The van der Waals surface area contributed by atoms with Crippen molar-refractivity contribution >= 4 is 17.0 Å². The number of pyridine rings is 1. The van der Waals surface area contributed by atoms with Crippen LogP contribution >= 0.6 is 0 Å². The van der Waals surface area contributed by atoms with Gasteiger partial charge in [-0.15, -0.1) is 0 Å². The van der Waals surface area contributed by atoms with Crippen LogP contribution in [0, 0.1) is 29.5 Å². The molecule has 3 saturated carbocycles. The zero-order chi connectivity index (χ0) is 20.8. The molecule has 2 atom stereocenters. The van der Waals surface area contributed by atoms with Gasteiger partial charge in [0.1, 0.15) is 5.69 Å². The van der Waals surface area contributed by atoms with Gasteiger partial charge < -0.3 is 4.74 Å². The quantitative estimate of drug-likeness (QED) is 0.615. The van der Waals surface area contributed by atoms with E-state index in [1.54, 1.807) is 10.9 Å². The molecule has 156 valence electrons. The van der Waals surface area contributed by atoms with Crippen LogP contribution in [0.25, 0.3) is 22.6 Å². The van der Waals surface area contributed by atoms with Crippen LogP contribution in [0.4, 0.5) is 4.39 Å². The zero-order valence-electron chi connectivity index (χ0n) is 17.1. The highest BCUT2D eigenvalue weighted by atomic mass is 19.1. The van der Waals surface area contributed by atoms with E-state index in [0.717, 1.165) is 36.7 Å². The monoisotopic (exact) mass is 409 g/mol. The van der Waals surface area contributed by atoms with Crippen LogP contribution in [0.2, 0.25) is 0 Å². The van der Waals surface area contributed by atoms with Crippen molar-refractivity contribution in [1.29, 1.82) is 0 Å². The van der Waals surface area contributed by atoms with Gasteiger partial charge in [0.15, 0.2) is 17.3 Å². The zero-order valence-corrected chi connectivity index (χ0v) is 17.1. The minimum atomic E-state index is -0.442. The van der Waals surface area contributed by atoms with Crippen LogP contribution < -0.4 is 0 Å². The molecule has 8 heteroatoms. The number of hydrogen-bond donors (Lipinski definition) is 0. The highest BCUT2D eigenvalue weighted by Crippen LogP contribution is 2.50. The fourth-order valence-electron chi connectivity index (χ4n) is 5.51. The average molecular weight is 409 g/mol. The fourth-order valence-corrected chi connectivity index (χ4v) is 5.51. The van der Waals surface area contributed by atoms with E-state index in [-0.39, 0.29) is 17.8 Å². The van der Waals surface area contributed by atoms with Gasteiger partial charge in [-0.2, -0.15) is 5.10 Å². The summed E-state index contributed by atoms with van der Waals surface area (Å²) in [4.78, 5) is 25.6. The maximum absolute atomic E-state index is 14.7. The Labute approximate surface area is 173 Å². The van der Waals surface area contributed by atoms with Gasteiger partial charge in [-0.3, -0.25) is 4.79 Å². The van der Waals surface area contributed by atoms with Gasteiger partial charge in [0.05, 0.1) is 30.3 Å². The van der Waals surface area contributed by atoms with Crippen molar-refractivity contribution in [3.8, 4) is 11.5 Å². The van der Waals surface area contributed by atoms with E-state index in [1.165, 1.54) is 13.3 Å². The molecule has 3 fully saturated rings. The van der Waals surface area contributed by atoms with Crippen molar-refractivity contribution in [2.45, 2.75) is 32.1 Å². The van der Waals surface area contributed by atoms with Crippen molar-refractivity contribution in [1.82, 2.24) is 24.7 Å². The summed E-state index contributed by atoms with van der Waals surface area (Å²) >= 11 is 0. The molecule has 3 aromatic rings. The van der Waals surface area contributed by atoms with Gasteiger partial charge in [0, 0.05) is 13.2 Å². The Hall–Kier alpha value is -2.90. The van der Waals surface area contributed by atoms with E-state index in [0.29, 0.717) is 35.5 Å². The van der Waals surface area contributed by atoms with Gasteiger partial charge >= 0.3 is 5.97 Å². The molecule has 6 rings (SSSR count). The molecule has 3 aliphatic carbocycles. The molecule has 3 aliphatic rings. The molecule has 0 N–H and O–H groups in total. The third kappa shape index (κ3) is 3.05. The van der Waals surface area contributed by atoms with E-state index in [4.69, 9.17) is 4.74 Å². The van der Waals surface area contributed by atoms with Gasteiger partial charge in [-0.1, -0.05) is 0 Å². The number of carbonyl (C=O) groups is 1. The number of rotatable bonds is 4. The van der Waals surface area contributed by atoms with Crippen LogP contribution in [0.1, 0.15) is 31.4 Å². The molecule has 3 aromatic heterocycles. The summed E-state index contributed by atoms with van der Waals surface area (Å²) in [7, 11) is 3.24. The first-order valence-electron chi connectivity index (χ1n) is 10.4. The minimum absolute atomic E-state index is 0.0457. The smallest absolute Gasteiger partial charge is 0.309 e. The number of aromatic nitrogens is 5. The van der Waals surface area contributed by atoms with Gasteiger partial charge in [-0.05, 0) is 62.0 Å². The van der Waals surface area contributed by atoms with Crippen molar-refractivity contribution in [3.05, 3.63) is 36.0 Å². The first kappa shape index (κ1) is 19.1. The van der Waals surface area contributed by atoms with E-state index < -0.39 is 5.82 Å². The van der Waals surface area contributed by atoms with Crippen LogP contribution in [0.5, 0.6) is 0 Å². The Bertz CT molecular complexity index is 1110. The number of fused-ring (bicyclic) bond motifs is 4. The molecule has 7 nitrogen and oxygen atoms in total. The van der Waals surface area contributed by atoms with E-state index in [1.807, 2.05) is 19.2 Å². The van der Waals surface area contributed by atoms with E-state index in [2.05, 4.69) is 20.1 Å². The van der Waals surface area contributed by atoms with Crippen LogP contribution in [0.3, 0.4) is 0 Å². The number of nitrogens with zero attached hydrogens (tertiary/aromatic N) is 5. The second-order valence-electron chi connectivity index (χ2n) is 8.43. The molecular weight excluding hydrogens is 385 g/mol. The largest absolute Gasteiger partial charge is 0.469 e. The number of esters is 1. The van der Waals surface area contributed by atoms with Crippen LogP contribution in [-0.4, -0.2) is 37.8 Å². The molecule has 2 bridgehead atoms. The van der Waals surface area contributed by atoms with Crippen molar-refractivity contribution in [3.63, 3.8) is 0 Å². The predicted molar refractivity (Wildman–Crippen MR) is 108 cm³/mol. The minimum Gasteiger partial charge on any atom is -0.469 e. The summed E-state index contributed by atoms with van der Waals surface area (Å²) in [5.41, 5.74) is 1.64. The highest BCUT2D eigenvalue weighted by molar-refractivity contribution is 5.88. The van der Waals surface area contributed by atoms with Gasteiger partial charge in [0.2, 0.25) is 0 Å². The summed E-state index contributed by atoms with van der Waals surface area (Å²) in [5, 5.41) is 5.33. The average Bonchev–Trinajstić information content (AvgIpc) is 3.12. The third-order valence-corrected chi connectivity index (χ3v) is 6.92. The maximum Gasteiger partial charge on any atom is 0.309 e. The molecule has 0 amide bonds. The SMILES string of the molecule is COC(=O)[C@@H]1C2CCC(CC2)C1Cc1nc(-c2nn(C)c3ncccc23)ncc1F. The molecule has 1 unspecified atom stereocenters. The number of methoxy groups -OCH3 is 1. The molecule has 3 heterocycles. The number of hydrogen-bond acceptors (Lipinski definition) is 6. The van der Waals surface area contributed by atoms with Crippen molar-refractivity contribution in [2.24, 2.45) is 30.7 Å². The lowest BCUT2D eigenvalue weighted by Gasteiger charge is -2.47. The Morgan fingerprint density at radius 3 is 2.77 bits per heavy atom. The summed E-state index contributed by atoms with van der Waals surface area (Å²) < 4.78 is 21.5. The number of ether oxygens (including phenoxy) is 1. The topological polar surface area (TPSA) is 82.8 Å². The molecular formula is C22H24FN5O2. The Morgan fingerprint density at radius 2 is 2.00 bits per heavy atom. The third-order valence-electron chi connectivity index (χ3n) is 6.92. The van der Waals surface area contributed by atoms with E-state index in [9.17, 15) is 9.18 Å². The second kappa shape index (κ2) is 7.41. The van der Waals surface area contributed by atoms with E-state index >= 15 is 0 Å². The molecule has 0 radical (unpaired) electrons. The maximum atomic E-state index is 14.7. The second-order valence-corrected chi connectivity index (χ2v) is 8.43. The summed E-state index contributed by atoms with van der Waals surface area (Å²) in [6, 6.07) is 3.74. The first-order chi connectivity index (χ1) is 14.6. The highest BCUT2D eigenvalue weighted by Gasteiger charge is 2.47. The Balaban J connectivity index is 1.52. The van der Waals surface area contributed by atoms with Crippen LogP contribution in [0.15, 0.2) is 24.5 Å². The lowest BCUT2D eigenvalue weighted by atomic mass is 9.57. The number of carbonyl (C=O) groups excluding carboxylic acids is 1. The lowest BCUT2D eigenvalue weighted by Crippen LogP contribution is -2.45. The predicted octanol–water partition coefficient (Wildman–Crippen LogP) is 3.33. The van der Waals surface area contributed by atoms with Gasteiger partial charge in [-0.25, -0.2) is 24.0 Å². The first-order valence-corrected chi connectivity index (χ1v) is 10.4. The fraction of sp³-hybridized carbons (Fsp3) is 0.500. The Morgan fingerprint density at radius 1 is 1.23 bits per heavy atom. The molecule has 0 saturated heterocycles. The van der Waals surface area contributed by atoms with Crippen molar-refractivity contribution < 1.29 is 13.9 Å². The van der Waals surface area contributed by atoms with Gasteiger partial charge in [0.25, 0.3) is 0 Å². The van der Waals surface area contributed by atoms with Crippen molar-refractivity contribution in [2.75, 3.05) is 7.11 Å². The standard InChI is InChI=1S/C22H24FN5O2/c1-28-21-14(4-3-9-24-21)19(27-28)20-25-11-16(23)17(26-20)10-15-12-5-7-13(8-6-12)18(15)22(29)30-2/h3-4,9,11-13,15,18H,5-8,10H2,1-2H3/t12?,13?,15?,18-/m1/s1. The Kier molecular flexibility index (Phi) is 4.72. The molecule has 0 aromatic carbocycles. The normalized spacial score (nSPS) is 25.6. The summed E-state index contributed by atoms with van der Waals surface area (Å²) in [6.07, 6.45) is 7.58. The summed E-state index contributed by atoms with van der Waals surface area (Å²) in [5.74, 6) is 0.345. The summed E-state index contributed by atoms with van der Waals surface area (Å²) in [6.45, 7) is 0. The molecule has 0 spiro atoms. The number of aryl methyl sites for hydroxylation is 1. The molecule has 30 heavy (non-hydrogen) atoms. The lowest BCUT2D eigenvalue weighted by molar-refractivity contribution is -0.156.